The third kappa shape index (κ3) is 5.06. The number of nitrogens with zero attached hydrogens (tertiary/aromatic N) is 1. The van der Waals surface area contributed by atoms with Crippen LogP contribution in [0.15, 0.2) is 53.5 Å². The topological polar surface area (TPSA) is 88.4 Å². The lowest BCUT2D eigenvalue weighted by molar-refractivity contribution is -0.144. The van der Waals surface area contributed by atoms with Crippen LogP contribution in [0.1, 0.15) is 36.8 Å². The smallest absolute Gasteiger partial charge is 0.306 e. The van der Waals surface area contributed by atoms with Gasteiger partial charge in [-0.25, -0.2) is 0 Å². The molecule has 0 aliphatic heterocycles. The molecule has 6 heteroatoms. The first-order valence-electron chi connectivity index (χ1n) is 9.27. The third-order valence-electron chi connectivity index (χ3n) is 5.14. The first-order valence-corrected chi connectivity index (χ1v) is 9.27. The predicted molar refractivity (Wildman–Crippen MR) is 101 cm³/mol. The highest BCUT2D eigenvalue weighted by Gasteiger charge is 2.30. The zero-order valence-electron chi connectivity index (χ0n) is 15.1. The number of carboxylic acids is 1. The molecule has 6 nitrogen and oxygen atoms in total. The van der Waals surface area contributed by atoms with E-state index in [1.54, 1.807) is 16.8 Å². The first kappa shape index (κ1) is 18.9. The molecule has 2 unspecified atom stereocenters. The summed E-state index contributed by atoms with van der Waals surface area (Å²) in [6.07, 6.45) is 4.37. The van der Waals surface area contributed by atoms with Crippen LogP contribution in [-0.2, 0) is 22.7 Å². The van der Waals surface area contributed by atoms with Gasteiger partial charge in [0.1, 0.15) is 0 Å². The lowest BCUT2D eigenvalue weighted by atomic mass is 9.81. The van der Waals surface area contributed by atoms with Gasteiger partial charge >= 0.3 is 5.97 Å². The normalized spacial score (nSPS) is 19.4. The van der Waals surface area contributed by atoms with Gasteiger partial charge in [-0.3, -0.25) is 14.4 Å². The van der Waals surface area contributed by atoms with Crippen LogP contribution < -0.4 is 10.9 Å². The Morgan fingerprint density at radius 1 is 1.04 bits per heavy atom. The van der Waals surface area contributed by atoms with Crippen molar-refractivity contribution in [1.82, 2.24) is 9.88 Å². The Balaban J connectivity index is 1.52. The number of hydrogen-bond acceptors (Lipinski definition) is 3. The van der Waals surface area contributed by atoms with E-state index < -0.39 is 11.9 Å². The first-order chi connectivity index (χ1) is 13.0. The number of carboxylic acid groups (broad SMARTS) is 1. The number of carbonyl (C=O) groups excluding carboxylic acids is 1. The van der Waals surface area contributed by atoms with Gasteiger partial charge in [-0.15, -0.1) is 0 Å². The number of nitrogens with one attached hydrogen (secondary N) is 1. The lowest BCUT2D eigenvalue weighted by Crippen LogP contribution is -2.35. The second-order valence-electron chi connectivity index (χ2n) is 7.10. The summed E-state index contributed by atoms with van der Waals surface area (Å²) in [6, 6.07) is 12.8. The Bertz CT molecular complexity index is 857. The molecular formula is C21H24N2O4. The van der Waals surface area contributed by atoms with Crippen molar-refractivity contribution in [2.75, 3.05) is 0 Å². The van der Waals surface area contributed by atoms with E-state index in [1.165, 1.54) is 6.07 Å². The number of aromatic nitrogens is 1. The minimum absolute atomic E-state index is 0.0408. The largest absolute Gasteiger partial charge is 0.481 e. The summed E-state index contributed by atoms with van der Waals surface area (Å²) in [7, 11) is 0. The van der Waals surface area contributed by atoms with Crippen molar-refractivity contribution in [2.45, 2.75) is 38.8 Å². The SMILES string of the molecule is O=C(O)C1CCCC(C(=O)NCc2ccc(Cn3ccccc3=O)cc2)C1. The molecule has 1 aromatic carbocycles. The van der Waals surface area contributed by atoms with Gasteiger partial charge in [-0.2, -0.15) is 0 Å². The van der Waals surface area contributed by atoms with Gasteiger partial charge in [-0.05, 0) is 36.5 Å². The Morgan fingerprint density at radius 3 is 2.44 bits per heavy atom. The van der Waals surface area contributed by atoms with Crippen LogP contribution >= 0.6 is 0 Å². The van der Waals surface area contributed by atoms with Gasteiger partial charge in [-0.1, -0.05) is 36.8 Å². The van der Waals surface area contributed by atoms with E-state index in [2.05, 4.69) is 5.32 Å². The van der Waals surface area contributed by atoms with E-state index in [-0.39, 0.29) is 17.4 Å². The van der Waals surface area contributed by atoms with E-state index in [1.807, 2.05) is 30.3 Å². The molecule has 2 N–H and O–H groups in total. The maximum Gasteiger partial charge on any atom is 0.306 e. The summed E-state index contributed by atoms with van der Waals surface area (Å²) >= 11 is 0. The molecule has 1 aliphatic carbocycles. The van der Waals surface area contributed by atoms with Crippen molar-refractivity contribution in [1.29, 1.82) is 0 Å². The van der Waals surface area contributed by atoms with Crippen LogP contribution in [-0.4, -0.2) is 21.6 Å². The van der Waals surface area contributed by atoms with Gasteiger partial charge in [0, 0.05) is 24.7 Å². The van der Waals surface area contributed by atoms with E-state index in [0.717, 1.165) is 24.0 Å². The zero-order valence-corrected chi connectivity index (χ0v) is 15.1. The molecule has 2 atom stereocenters. The van der Waals surface area contributed by atoms with Crippen LogP contribution in [0.3, 0.4) is 0 Å². The number of amides is 1. The van der Waals surface area contributed by atoms with Gasteiger partial charge < -0.3 is 15.0 Å². The van der Waals surface area contributed by atoms with Crippen molar-refractivity contribution >= 4 is 11.9 Å². The molecule has 1 fully saturated rings. The third-order valence-corrected chi connectivity index (χ3v) is 5.14. The Morgan fingerprint density at radius 2 is 1.74 bits per heavy atom. The summed E-state index contributed by atoms with van der Waals surface area (Å²) in [6.45, 7) is 0.920. The van der Waals surface area contributed by atoms with Crippen molar-refractivity contribution in [3.05, 3.63) is 70.1 Å². The van der Waals surface area contributed by atoms with E-state index >= 15 is 0 Å². The molecule has 2 aromatic rings. The molecule has 0 saturated heterocycles. The predicted octanol–water partition coefficient (Wildman–Crippen LogP) is 2.40. The van der Waals surface area contributed by atoms with Crippen LogP contribution in [0.2, 0.25) is 0 Å². The molecule has 0 radical (unpaired) electrons. The minimum Gasteiger partial charge on any atom is -0.481 e. The Kier molecular flexibility index (Phi) is 6.06. The molecular weight excluding hydrogens is 344 g/mol. The highest BCUT2D eigenvalue weighted by Crippen LogP contribution is 2.29. The average Bonchev–Trinajstić information content (AvgIpc) is 2.69. The quantitative estimate of drug-likeness (QED) is 0.819. The van der Waals surface area contributed by atoms with Crippen molar-refractivity contribution in [3.8, 4) is 0 Å². The molecule has 1 heterocycles. The number of pyridine rings is 1. The summed E-state index contributed by atoms with van der Waals surface area (Å²) in [5, 5.41) is 12.1. The van der Waals surface area contributed by atoms with Gasteiger partial charge in [0.15, 0.2) is 0 Å². The van der Waals surface area contributed by atoms with Crippen molar-refractivity contribution < 1.29 is 14.7 Å². The van der Waals surface area contributed by atoms with Gasteiger partial charge in [0.2, 0.25) is 5.91 Å². The number of hydrogen-bond donors (Lipinski definition) is 2. The molecule has 3 rings (SSSR count). The van der Waals surface area contributed by atoms with Crippen molar-refractivity contribution in [2.24, 2.45) is 11.8 Å². The van der Waals surface area contributed by atoms with Crippen LogP contribution in [0.25, 0.3) is 0 Å². The lowest BCUT2D eigenvalue weighted by Gasteiger charge is -2.25. The molecule has 1 aliphatic rings. The maximum absolute atomic E-state index is 12.3. The monoisotopic (exact) mass is 368 g/mol. The highest BCUT2D eigenvalue weighted by atomic mass is 16.4. The Labute approximate surface area is 157 Å². The standard InChI is InChI=1S/C21H24N2O4/c24-19-6-1-2-11-23(19)14-16-9-7-15(8-10-16)13-22-20(25)17-4-3-5-18(12-17)21(26)27/h1-2,6-11,17-18H,3-5,12-14H2,(H,22,25)(H,26,27). The van der Waals surface area contributed by atoms with Crippen LogP contribution in [0.5, 0.6) is 0 Å². The number of rotatable bonds is 6. The second-order valence-corrected chi connectivity index (χ2v) is 7.10. The van der Waals surface area contributed by atoms with E-state index in [9.17, 15) is 14.4 Å². The molecule has 0 spiro atoms. The summed E-state index contributed by atoms with van der Waals surface area (Å²) < 4.78 is 1.64. The van der Waals surface area contributed by atoms with Gasteiger partial charge in [0.25, 0.3) is 5.56 Å². The van der Waals surface area contributed by atoms with Crippen LogP contribution in [0, 0.1) is 11.8 Å². The second kappa shape index (κ2) is 8.66. The number of aliphatic carboxylic acids is 1. The summed E-state index contributed by atoms with van der Waals surface area (Å²) in [5.74, 6) is -1.50. The summed E-state index contributed by atoms with van der Waals surface area (Å²) in [4.78, 5) is 35.2. The fraction of sp³-hybridized carbons (Fsp3) is 0.381. The fourth-order valence-electron chi connectivity index (χ4n) is 3.54. The van der Waals surface area contributed by atoms with Gasteiger partial charge in [0.05, 0.1) is 12.5 Å². The Hall–Kier alpha value is -2.89. The fourth-order valence-corrected chi connectivity index (χ4v) is 3.54. The van der Waals surface area contributed by atoms with Crippen LogP contribution in [0.4, 0.5) is 0 Å². The number of carbonyl (C=O) groups is 2. The average molecular weight is 368 g/mol. The van der Waals surface area contributed by atoms with E-state index in [4.69, 9.17) is 5.11 Å². The minimum atomic E-state index is -0.805. The number of benzene rings is 1. The molecule has 1 saturated carbocycles. The molecule has 27 heavy (non-hydrogen) atoms. The molecule has 142 valence electrons. The molecule has 1 aromatic heterocycles. The zero-order chi connectivity index (χ0) is 19.2. The molecule has 1 amide bonds. The van der Waals surface area contributed by atoms with Crippen molar-refractivity contribution in [3.63, 3.8) is 0 Å². The highest BCUT2D eigenvalue weighted by molar-refractivity contribution is 5.80. The summed E-state index contributed by atoms with van der Waals surface area (Å²) in [5.41, 5.74) is 1.94. The van der Waals surface area contributed by atoms with E-state index in [0.29, 0.717) is 25.9 Å². The molecule has 0 bridgehead atoms. The maximum atomic E-state index is 12.3.